The highest BCUT2D eigenvalue weighted by Gasteiger charge is 2.42. The highest BCUT2D eigenvalue weighted by atomic mass is 32.1. The molecule has 0 saturated heterocycles. The van der Waals surface area contributed by atoms with Crippen LogP contribution in [0.25, 0.3) is 0 Å². The van der Waals surface area contributed by atoms with Crippen molar-refractivity contribution in [1.29, 1.82) is 0 Å². The lowest BCUT2D eigenvalue weighted by Gasteiger charge is -2.36. The number of carboxylic acids is 1. The Morgan fingerprint density at radius 1 is 1.47 bits per heavy atom. The van der Waals surface area contributed by atoms with Crippen LogP contribution in [-0.4, -0.2) is 27.5 Å². The number of aryl methyl sites for hydroxylation is 1. The lowest BCUT2D eigenvalue weighted by molar-refractivity contribution is -0.146. The molecule has 1 heterocycles. The molecule has 2 N–H and O–H groups in total. The van der Waals surface area contributed by atoms with E-state index in [0.29, 0.717) is 29.3 Å². The second kappa shape index (κ2) is 5.28. The molecule has 1 aliphatic carbocycles. The minimum Gasteiger partial charge on any atom is -0.480 e. The van der Waals surface area contributed by atoms with Crippen LogP contribution in [0.4, 0.5) is 0 Å². The molecule has 1 amide bonds. The summed E-state index contributed by atoms with van der Waals surface area (Å²) in [6.07, 6.45) is 2.64. The van der Waals surface area contributed by atoms with Crippen molar-refractivity contribution in [3.63, 3.8) is 0 Å². The van der Waals surface area contributed by atoms with Crippen molar-refractivity contribution < 1.29 is 14.7 Å². The smallest absolute Gasteiger partial charge is 0.329 e. The normalized spacial score (nSPS) is 26.9. The summed E-state index contributed by atoms with van der Waals surface area (Å²) in [5.74, 6) is -0.735. The van der Waals surface area contributed by atoms with E-state index in [0.717, 1.165) is 12.8 Å². The number of carbonyl (C=O) groups is 2. The summed E-state index contributed by atoms with van der Waals surface area (Å²) >= 11 is 1.24. The summed E-state index contributed by atoms with van der Waals surface area (Å²) in [6, 6.07) is 0. The number of carboxylic acid groups (broad SMARTS) is 1. The maximum atomic E-state index is 12.2. The zero-order valence-corrected chi connectivity index (χ0v) is 11.9. The van der Waals surface area contributed by atoms with Crippen molar-refractivity contribution in [1.82, 2.24) is 10.3 Å². The van der Waals surface area contributed by atoms with Gasteiger partial charge in [-0.15, -0.1) is 11.3 Å². The van der Waals surface area contributed by atoms with E-state index in [9.17, 15) is 14.7 Å². The molecule has 0 bridgehead atoms. The van der Waals surface area contributed by atoms with Crippen molar-refractivity contribution >= 4 is 23.2 Å². The van der Waals surface area contributed by atoms with E-state index < -0.39 is 11.5 Å². The van der Waals surface area contributed by atoms with E-state index in [1.54, 1.807) is 12.4 Å². The molecule has 1 aromatic heterocycles. The van der Waals surface area contributed by atoms with Gasteiger partial charge in [-0.3, -0.25) is 4.79 Å². The molecule has 0 aliphatic heterocycles. The molecule has 0 radical (unpaired) electrons. The van der Waals surface area contributed by atoms with Crippen molar-refractivity contribution in [2.75, 3.05) is 0 Å². The quantitative estimate of drug-likeness (QED) is 0.891. The molecule has 1 aliphatic rings. The first-order valence-corrected chi connectivity index (χ1v) is 7.28. The van der Waals surface area contributed by atoms with Crippen LogP contribution in [0.5, 0.6) is 0 Å². The number of aromatic nitrogens is 1. The first kappa shape index (κ1) is 14.0. The van der Waals surface area contributed by atoms with Gasteiger partial charge in [0, 0.05) is 0 Å². The van der Waals surface area contributed by atoms with Gasteiger partial charge in [0.15, 0.2) is 0 Å². The lowest BCUT2D eigenvalue weighted by Crippen LogP contribution is -2.56. The van der Waals surface area contributed by atoms with Gasteiger partial charge in [-0.05, 0) is 38.5 Å². The molecule has 0 aromatic carbocycles. The Morgan fingerprint density at radius 2 is 2.11 bits per heavy atom. The number of hydrogen-bond acceptors (Lipinski definition) is 4. The van der Waals surface area contributed by atoms with E-state index >= 15 is 0 Å². The van der Waals surface area contributed by atoms with Crippen molar-refractivity contribution in [2.45, 2.75) is 45.1 Å². The van der Waals surface area contributed by atoms with Crippen molar-refractivity contribution in [2.24, 2.45) is 5.92 Å². The molecule has 0 unspecified atom stereocenters. The first-order chi connectivity index (χ1) is 8.94. The number of rotatable bonds is 3. The molecule has 1 fully saturated rings. The monoisotopic (exact) mass is 282 g/mol. The third-order valence-corrected chi connectivity index (χ3v) is 4.77. The maximum absolute atomic E-state index is 12.2. The predicted molar refractivity (Wildman–Crippen MR) is 72.3 cm³/mol. The molecule has 0 atom stereocenters. The highest BCUT2D eigenvalue weighted by molar-refractivity contribution is 7.11. The third kappa shape index (κ3) is 2.78. The number of hydrogen-bond donors (Lipinski definition) is 2. The van der Waals surface area contributed by atoms with Crippen LogP contribution >= 0.6 is 11.3 Å². The Labute approximate surface area is 116 Å². The maximum Gasteiger partial charge on any atom is 0.329 e. The Hall–Kier alpha value is -1.43. The summed E-state index contributed by atoms with van der Waals surface area (Å²) in [4.78, 5) is 28.2. The summed E-state index contributed by atoms with van der Waals surface area (Å²) in [6.45, 7) is 3.86. The SMILES string of the molecule is Cc1ncsc1C(=O)NC1(C(=O)O)CCC(C)CC1. The first-order valence-electron chi connectivity index (χ1n) is 6.40. The number of amides is 1. The molecule has 1 saturated carbocycles. The molecular formula is C13H18N2O3S. The van der Waals surface area contributed by atoms with Crippen molar-refractivity contribution in [3.05, 3.63) is 16.1 Å². The van der Waals surface area contributed by atoms with Gasteiger partial charge < -0.3 is 10.4 Å². The predicted octanol–water partition coefficient (Wildman–Crippen LogP) is 2.21. The van der Waals surface area contributed by atoms with Gasteiger partial charge >= 0.3 is 5.97 Å². The van der Waals surface area contributed by atoms with Crippen LogP contribution in [0.3, 0.4) is 0 Å². The average Bonchev–Trinajstić information content (AvgIpc) is 2.78. The molecule has 0 spiro atoms. The molecule has 2 rings (SSSR count). The summed E-state index contributed by atoms with van der Waals surface area (Å²) in [5.41, 5.74) is 1.13. The van der Waals surface area contributed by atoms with E-state index in [2.05, 4.69) is 17.2 Å². The van der Waals surface area contributed by atoms with Gasteiger partial charge in [0.05, 0.1) is 11.2 Å². The van der Waals surface area contributed by atoms with E-state index in [1.165, 1.54) is 11.3 Å². The average molecular weight is 282 g/mol. The third-order valence-electron chi connectivity index (χ3n) is 3.84. The number of thiazole rings is 1. The van der Waals surface area contributed by atoms with Crippen LogP contribution in [0.2, 0.25) is 0 Å². The lowest BCUT2D eigenvalue weighted by atomic mass is 9.77. The fourth-order valence-electron chi connectivity index (χ4n) is 2.44. The van der Waals surface area contributed by atoms with Crippen molar-refractivity contribution in [3.8, 4) is 0 Å². The standard InChI is InChI=1S/C13H18N2O3S/c1-8-3-5-13(6-4-8,12(17)18)15-11(16)10-9(2)14-7-19-10/h7-8H,3-6H2,1-2H3,(H,15,16)(H,17,18). The minimum absolute atomic E-state index is 0.322. The molecular weight excluding hydrogens is 264 g/mol. The van der Waals surface area contributed by atoms with Crippen LogP contribution in [0.15, 0.2) is 5.51 Å². The Morgan fingerprint density at radius 3 is 2.58 bits per heavy atom. The molecule has 1 aromatic rings. The summed E-state index contributed by atoms with van der Waals surface area (Å²) in [5, 5.41) is 12.2. The molecule has 5 nitrogen and oxygen atoms in total. The number of nitrogens with zero attached hydrogens (tertiary/aromatic N) is 1. The van der Waals surface area contributed by atoms with Gasteiger partial charge in [0.2, 0.25) is 0 Å². The van der Waals surface area contributed by atoms with E-state index in [4.69, 9.17) is 0 Å². The summed E-state index contributed by atoms with van der Waals surface area (Å²) < 4.78 is 0. The largest absolute Gasteiger partial charge is 0.480 e. The minimum atomic E-state index is -1.11. The number of carbonyl (C=O) groups excluding carboxylic acids is 1. The fraction of sp³-hybridized carbons (Fsp3) is 0.615. The van der Waals surface area contributed by atoms with Crippen LogP contribution < -0.4 is 5.32 Å². The molecule has 19 heavy (non-hydrogen) atoms. The van der Waals surface area contributed by atoms with Gasteiger partial charge in [-0.25, -0.2) is 9.78 Å². The second-order valence-corrected chi connectivity index (χ2v) is 6.15. The van der Waals surface area contributed by atoms with Crippen LogP contribution in [-0.2, 0) is 4.79 Å². The topological polar surface area (TPSA) is 79.3 Å². The second-order valence-electron chi connectivity index (χ2n) is 5.29. The Balaban J connectivity index is 2.16. The zero-order chi connectivity index (χ0) is 14.0. The fourth-order valence-corrected chi connectivity index (χ4v) is 3.14. The number of nitrogens with one attached hydrogen (secondary N) is 1. The molecule has 104 valence electrons. The van der Waals surface area contributed by atoms with Gasteiger partial charge in [-0.1, -0.05) is 6.92 Å². The van der Waals surface area contributed by atoms with E-state index in [-0.39, 0.29) is 5.91 Å². The van der Waals surface area contributed by atoms with Crippen LogP contribution in [0.1, 0.15) is 48.0 Å². The Kier molecular flexibility index (Phi) is 3.89. The number of aliphatic carboxylic acids is 1. The van der Waals surface area contributed by atoms with Gasteiger partial charge in [0.25, 0.3) is 5.91 Å². The summed E-state index contributed by atoms with van der Waals surface area (Å²) in [7, 11) is 0. The molecule has 6 heteroatoms. The zero-order valence-electron chi connectivity index (χ0n) is 11.1. The highest BCUT2D eigenvalue weighted by Crippen LogP contribution is 2.32. The van der Waals surface area contributed by atoms with Gasteiger partial charge in [0.1, 0.15) is 10.4 Å². The van der Waals surface area contributed by atoms with Gasteiger partial charge in [-0.2, -0.15) is 0 Å². The Bertz CT molecular complexity index is 490. The van der Waals surface area contributed by atoms with Crippen LogP contribution in [0, 0.1) is 12.8 Å². The van der Waals surface area contributed by atoms with E-state index in [1.807, 2.05) is 0 Å².